The number of nitriles is 1. The lowest BCUT2D eigenvalue weighted by Crippen LogP contribution is -2.26. The van der Waals surface area contributed by atoms with E-state index < -0.39 is 5.82 Å². The van der Waals surface area contributed by atoms with Crippen LogP contribution in [0.5, 0.6) is 0 Å². The molecule has 4 rings (SSSR count). The van der Waals surface area contributed by atoms with Gasteiger partial charge in [0.05, 0.1) is 29.0 Å². The zero-order valence-corrected chi connectivity index (χ0v) is 20.1. The quantitative estimate of drug-likeness (QED) is 0.404. The van der Waals surface area contributed by atoms with E-state index in [4.69, 9.17) is 11.0 Å². The van der Waals surface area contributed by atoms with E-state index in [0.29, 0.717) is 29.6 Å². The molecule has 36 heavy (non-hydrogen) atoms. The second kappa shape index (κ2) is 9.95. The molecule has 0 radical (unpaired) electrons. The molecule has 3 N–H and O–H groups in total. The summed E-state index contributed by atoms with van der Waals surface area (Å²) in [5, 5.41) is 17.1. The van der Waals surface area contributed by atoms with Crippen molar-refractivity contribution in [1.82, 2.24) is 24.3 Å². The highest BCUT2D eigenvalue weighted by atomic mass is 19.1. The van der Waals surface area contributed by atoms with E-state index in [0.717, 1.165) is 6.42 Å². The Hall–Kier alpha value is -4.59. The van der Waals surface area contributed by atoms with Crippen molar-refractivity contribution in [2.45, 2.75) is 39.3 Å². The highest BCUT2D eigenvalue weighted by Gasteiger charge is 2.15. The van der Waals surface area contributed by atoms with E-state index in [1.807, 2.05) is 13.0 Å². The Kier molecular flexibility index (Phi) is 6.78. The number of halogens is 1. The van der Waals surface area contributed by atoms with E-state index in [9.17, 15) is 14.0 Å². The van der Waals surface area contributed by atoms with E-state index in [1.54, 1.807) is 37.0 Å². The monoisotopic (exact) mass is 488 g/mol. The molecule has 0 amide bonds. The largest absolute Gasteiger partial charge is 0.382 e. The zero-order valence-electron chi connectivity index (χ0n) is 20.1. The topological polar surface area (TPSA) is 145 Å². The minimum absolute atomic E-state index is 0.0395. The van der Waals surface area contributed by atoms with Crippen molar-refractivity contribution < 1.29 is 4.39 Å². The summed E-state index contributed by atoms with van der Waals surface area (Å²) in [5.74, 6) is -0.655. The van der Waals surface area contributed by atoms with Gasteiger partial charge in [-0.25, -0.2) is 19.0 Å². The fraction of sp³-hybridized carbons (Fsp3) is 0.280. The third-order valence-corrected chi connectivity index (χ3v) is 6.06. The first-order valence-electron chi connectivity index (χ1n) is 11.3. The van der Waals surface area contributed by atoms with Gasteiger partial charge in [-0.15, -0.1) is 0 Å². The SMILES string of the molecule is Cc1c(N[C@@H](C)CCCn2ccc3cc(-c4ncc(C#N)c(N)n4)c(F)cc3c2=O)cnn(C)c1=O. The summed E-state index contributed by atoms with van der Waals surface area (Å²) in [5.41, 5.74) is 6.76. The molecule has 0 fully saturated rings. The van der Waals surface area contributed by atoms with E-state index >= 15 is 0 Å². The minimum Gasteiger partial charge on any atom is -0.382 e. The average Bonchev–Trinajstić information content (AvgIpc) is 2.86. The van der Waals surface area contributed by atoms with Gasteiger partial charge >= 0.3 is 0 Å². The molecular weight excluding hydrogens is 463 g/mol. The average molecular weight is 489 g/mol. The second-order valence-corrected chi connectivity index (χ2v) is 8.64. The molecule has 3 aromatic heterocycles. The van der Waals surface area contributed by atoms with Crippen LogP contribution in [0.25, 0.3) is 22.2 Å². The standard InChI is InChI=1S/C25H25FN8O2/c1-14(31-21-13-30-33(3)24(35)15(21)2)5-4-7-34-8-6-16-9-19(20(26)10-18(16)25(34)36)23-29-12-17(11-27)22(28)32-23/h6,8-10,12-14,31H,4-5,7H2,1-3H3,(H2,28,29,32)/t14-/m0/s1. The van der Waals surface area contributed by atoms with Crippen LogP contribution in [0.15, 0.2) is 46.4 Å². The summed E-state index contributed by atoms with van der Waals surface area (Å²) in [7, 11) is 1.60. The normalized spacial score (nSPS) is 11.9. The fourth-order valence-corrected chi connectivity index (χ4v) is 3.97. The van der Waals surface area contributed by atoms with Gasteiger partial charge in [-0.3, -0.25) is 9.59 Å². The molecular formula is C25H25FN8O2. The minimum atomic E-state index is -0.655. The molecule has 0 aliphatic heterocycles. The van der Waals surface area contributed by atoms with Crippen LogP contribution in [-0.4, -0.2) is 30.4 Å². The van der Waals surface area contributed by atoms with Crippen LogP contribution >= 0.6 is 0 Å². The van der Waals surface area contributed by atoms with E-state index in [-0.39, 0.29) is 45.3 Å². The lowest BCUT2D eigenvalue weighted by molar-refractivity contribution is 0.565. The number of nitrogens with two attached hydrogens (primary N) is 1. The number of nitrogens with one attached hydrogen (secondary N) is 1. The number of benzene rings is 1. The Bertz CT molecular complexity index is 1620. The van der Waals surface area contributed by atoms with Crippen molar-refractivity contribution in [3.05, 3.63) is 74.4 Å². The van der Waals surface area contributed by atoms with Crippen LogP contribution in [0, 0.1) is 24.1 Å². The van der Waals surface area contributed by atoms with Gasteiger partial charge in [0.25, 0.3) is 11.1 Å². The predicted octanol–water partition coefficient (Wildman–Crippen LogP) is 2.73. The molecule has 0 unspecified atom stereocenters. The van der Waals surface area contributed by atoms with Gasteiger partial charge in [-0.1, -0.05) is 0 Å². The Morgan fingerprint density at radius 2 is 2.03 bits per heavy atom. The van der Waals surface area contributed by atoms with Gasteiger partial charge in [0.1, 0.15) is 23.3 Å². The second-order valence-electron chi connectivity index (χ2n) is 8.64. The van der Waals surface area contributed by atoms with Gasteiger partial charge in [-0.05, 0) is 50.3 Å². The van der Waals surface area contributed by atoms with E-state index in [1.165, 1.54) is 23.0 Å². The van der Waals surface area contributed by atoms with Crippen LogP contribution in [0.2, 0.25) is 0 Å². The third-order valence-electron chi connectivity index (χ3n) is 6.06. The summed E-state index contributed by atoms with van der Waals surface area (Å²) < 4.78 is 17.7. The molecule has 10 nitrogen and oxygen atoms in total. The molecule has 0 aliphatic rings. The smallest absolute Gasteiger partial charge is 0.271 e. The number of rotatable bonds is 7. The third kappa shape index (κ3) is 4.79. The molecule has 0 saturated carbocycles. The maximum Gasteiger partial charge on any atom is 0.271 e. The van der Waals surface area contributed by atoms with Crippen LogP contribution in [0.4, 0.5) is 15.9 Å². The van der Waals surface area contributed by atoms with Crippen LogP contribution in [0.1, 0.15) is 30.9 Å². The first-order valence-corrected chi connectivity index (χ1v) is 11.3. The highest BCUT2D eigenvalue weighted by molar-refractivity contribution is 5.86. The first-order chi connectivity index (χ1) is 17.2. The molecule has 184 valence electrons. The number of aromatic nitrogens is 5. The van der Waals surface area contributed by atoms with Crippen LogP contribution in [-0.2, 0) is 13.6 Å². The summed E-state index contributed by atoms with van der Waals surface area (Å²) in [6, 6.07) is 6.34. The summed E-state index contributed by atoms with van der Waals surface area (Å²) in [6.45, 7) is 4.20. The van der Waals surface area contributed by atoms with Crippen molar-refractivity contribution in [1.29, 1.82) is 5.26 Å². The van der Waals surface area contributed by atoms with Gasteiger partial charge in [0, 0.05) is 31.4 Å². The summed E-state index contributed by atoms with van der Waals surface area (Å²) in [4.78, 5) is 33.1. The maximum absolute atomic E-state index is 14.9. The van der Waals surface area contributed by atoms with Crippen molar-refractivity contribution >= 4 is 22.3 Å². The van der Waals surface area contributed by atoms with Gasteiger partial charge < -0.3 is 15.6 Å². The molecule has 0 saturated heterocycles. The fourth-order valence-electron chi connectivity index (χ4n) is 3.97. The van der Waals surface area contributed by atoms with Gasteiger partial charge in [-0.2, -0.15) is 10.4 Å². The van der Waals surface area contributed by atoms with Crippen molar-refractivity contribution in [2.24, 2.45) is 7.05 Å². The Morgan fingerprint density at radius 3 is 2.75 bits per heavy atom. The van der Waals surface area contributed by atoms with Gasteiger partial charge in [0.15, 0.2) is 5.82 Å². The number of pyridine rings is 1. The lowest BCUT2D eigenvalue weighted by Gasteiger charge is -2.17. The Morgan fingerprint density at radius 1 is 1.25 bits per heavy atom. The molecule has 3 heterocycles. The van der Waals surface area contributed by atoms with Crippen LogP contribution < -0.4 is 22.2 Å². The number of nitrogen functional groups attached to an aromatic ring is 1. The van der Waals surface area contributed by atoms with Crippen molar-refractivity contribution in [3.63, 3.8) is 0 Å². The molecule has 0 aliphatic carbocycles. The maximum atomic E-state index is 14.9. The number of fused-ring (bicyclic) bond motifs is 1. The zero-order chi connectivity index (χ0) is 26.0. The number of aryl methyl sites for hydroxylation is 2. The number of nitrogens with zero attached hydrogens (tertiary/aromatic N) is 6. The van der Waals surface area contributed by atoms with Crippen molar-refractivity contribution in [2.75, 3.05) is 11.1 Å². The summed E-state index contributed by atoms with van der Waals surface area (Å²) >= 11 is 0. The molecule has 1 aromatic carbocycles. The van der Waals surface area contributed by atoms with Crippen molar-refractivity contribution in [3.8, 4) is 17.5 Å². The summed E-state index contributed by atoms with van der Waals surface area (Å²) in [6.07, 6.45) is 5.97. The molecule has 4 aromatic rings. The lowest BCUT2D eigenvalue weighted by atomic mass is 10.1. The Labute approximate surface area is 205 Å². The number of hydrogen-bond acceptors (Lipinski definition) is 8. The molecule has 11 heteroatoms. The highest BCUT2D eigenvalue weighted by Crippen LogP contribution is 2.25. The number of hydrogen-bond donors (Lipinski definition) is 2. The molecule has 1 atom stereocenters. The first kappa shape index (κ1) is 24.5. The Balaban J connectivity index is 1.49. The van der Waals surface area contributed by atoms with E-state index in [2.05, 4.69) is 20.4 Å². The predicted molar refractivity (Wildman–Crippen MR) is 135 cm³/mol. The molecule has 0 spiro atoms. The van der Waals surface area contributed by atoms with Gasteiger partial charge in [0.2, 0.25) is 0 Å². The van der Waals surface area contributed by atoms with Crippen LogP contribution in [0.3, 0.4) is 0 Å². The molecule has 0 bridgehead atoms. The number of anilines is 2.